The lowest BCUT2D eigenvalue weighted by Crippen LogP contribution is -2.12. The van der Waals surface area contributed by atoms with Crippen LogP contribution in [-0.2, 0) is 0 Å². The second kappa shape index (κ2) is 6.64. The lowest BCUT2D eigenvalue weighted by molar-refractivity contribution is 0.245. The van der Waals surface area contributed by atoms with Gasteiger partial charge in [0, 0.05) is 12.6 Å². The van der Waals surface area contributed by atoms with Gasteiger partial charge >= 0.3 is 0 Å². The molecule has 1 heterocycles. The van der Waals surface area contributed by atoms with E-state index in [1.807, 2.05) is 31.2 Å². The molecule has 0 unspecified atom stereocenters. The molecule has 0 spiro atoms. The molecule has 0 saturated carbocycles. The molecule has 0 aliphatic rings. The van der Waals surface area contributed by atoms with Crippen molar-refractivity contribution in [3.63, 3.8) is 0 Å². The van der Waals surface area contributed by atoms with E-state index in [9.17, 15) is 4.79 Å². The number of rotatable bonds is 6. The van der Waals surface area contributed by atoms with Crippen molar-refractivity contribution in [1.29, 1.82) is 0 Å². The largest absolute Gasteiger partial charge is 0.493 e. The van der Waals surface area contributed by atoms with Crippen LogP contribution >= 0.6 is 0 Å². The van der Waals surface area contributed by atoms with Crippen molar-refractivity contribution in [3.05, 3.63) is 58.5 Å². The Bertz CT molecular complexity index is 577. The molecule has 0 atom stereocenters. The first-order valence-corrected chi connectivity index (χ1v) is 6.26. The number of nitrogens with one attached hydrogen (secondary N) is 1. The molecule has 0 saturated heterocycles. The zero-order chi connectivity index (χ0) is 13.5. The van der Waals surface area contributed by atoms with E-state index >= 15 is 0 Å². The molecule has 1 aromatic heterocycles. The summed E-state index contributed by atoms with van der Waals surface area (Å²) in [4.78, 5) is 13.9. The molecular weight excluding hydrogens is 242 g/mol. The maximum Gasteiger partial charge on any atom is 0.290 e. The highest BCUT2D eigenvalue weighted by atomic mass is 16.5. The number of aromatic nitrogens is 1. The summed E-state index contributed by atoms with van der Waals surface area (Å²) in [5.74, 6) is 1.20. The quantitative estimate of drug-likeness (QED) is 0.811. The number of H-pyrrole nitrogens is 1. The maximum atomic E-state index is 11.3. The summed E-state index contributed by atoms with van der Waals surface area (Å²) in [6.45, 7) is 3.05. The highest BCUT2D eigenvalue weighted by molar-refractivity contribution is 5.27. The molecule has 19 heavy (non-hydrogen) atoms. The van der Waals surface area contributed by atoms with Crippen LogP contribution < -0.4 is 15.0 Å². The zero-order valence-corrected chi connectivity index (χ0v) is 10.9. The van der Waals surface area contributed by atoms with Gasteiger partial charge in [-0.05, 0) is 36.8 Å². The van der Waals surface area contributed by atoms with Gasteiger partial charge in [0.15, 0.2) is 5.75 Å². The first-order chi connectivity index (χ1) is 9.25. The van der Waals surface area contributed by atoms with Gasteiger partial charge in [0.1, 0.15) is 5.75 Å². The Labute approximate surface area is 112 Å². The minimum atomic E-state index is -0.206. The van der Waals surface area contributed by atoms with Crippen molar-refractivity contribution >= 4 is 0 Å². The molecule has 1 N–H and O–H groups in total. The van der Waals surface area contributed by atoms with Crippen LogP contribution in [-0.4, -0.2) is 18.2 Å². The number of ether oxygens (including phenoxy) is 2. The summed E-state index contributed by atoms with van der Waals surface area (Å²) in [5, 5.41) is 0. The molecule has 2 aromatic rings. The maximum absolute atomic E-state index is 11.3. The third-order valence-electron chi connectivity index (χ3n) is 2.59. The normalized spacial score (nSPS) is 10.2. The molecule has 0 radical (unpaired) electrons. The van der Waals surface area contributed by atoms with Crippen LogP contribution in [0.25, 0.3) is 0 Å². The number of pyridine rings is 1. The van der Waals surface area contributed by atoms with E-state index < -0.39 is 0 Å². The number of hydrogen-bond donors (Lipinski definition) is 1. The lowest BCUT2D eigenvalue weighted by atomic mass is 10.2. The van der Waals surface area contributed by atoms with Crippen LogP contribution in [0.4, 0.5) is 0 Å². The monoisotopic (exact) mass is 259 g/mol. The van der Waals surface area contributed by atoms with Crippen LogP contribution in [0.15, 0.2) is 47.4 Å². The second-order valence-corrected chi connectivity index (χ2v) is 4.23. The molecule has 2 rings (SSSR count). The Morgan fingerprint density at radius 1 is 1.11 bits per heavy atom. The minimum Gasteiger partial charge on any atom is -0.493 e. The van der Waals surface area contributed by atoms with E-state index in [1.165, 1.54) is 5.56 Å². The smallest absolute Gasteiger partial charge is 0.290 e. The highest BCUT2D eigenvalue weighted by Gasteiger charge is 1.99. The third-order valence-corrected chi connectivity index (χ3v) is 2.59. The molecule has 1 aromatic carbocycles. The van der Waals surface area contributed by atoms with E-state index in [4.69, 9.17) is 9.47 Å². The number of aryl methyl sites for hydroxylation is 1. The van der Waals surface area contributed by atoms with Gasteiger partial charge < -0.3 is 14.5 Å². The molecule has 100 valence electrons. The summed E-state index contributed by atoms with van der Waals surface area (Å²) >= 11 is 0. The van der Waals surface area contributed by atoms with E-state index in [0.717, 1.165) is 12.2 Å². The van der Waals surface area contributed by atoms with Crippen molar-refractivity contribution < 1.29 is 9.47 Å². The fourth-order valence-corrected chi connectivity index (χ4v) is 1.66. The minimum absolute atomic E-state index is 0.206. The fourth-order valence-electron chi connectivity index (χ4n) is 1.66. The Morgan fingerprint density at radius 3 is 2.74 bits per heavy atom. The van der Waals surface area contributed by atoms with Crippen LogP contribution in [0, 0.1) is 6.92 Å². The highest BCUT2D eigenvalue weighted by Crippen LogP contribution is 2.12. The molecule has 4 nitrogen and oxygen atoms in total. The van der Waals surface area contributed by atoms with Crippen LogP contribution in [0.1, 0.15) is 12.0 Å². The average molecular weight is 259 g/mol. The number of hydrogen-bond acceptors (Lipinski definition) is 3. The Kier molecular flexibility index (Phi) is 4.61. The van der Waals surface area contributed by atoms with Crippen molar-refractivity contribution in [3.8, 4) is 11.5 Å². The summed E-state index contributed by atoms with van der Waals surface area (Å²) in [6.07, 6.45) is 2.30. The van der Waals surface area contributed by atoms with E-state index in [1.54, 1.807) is 18.3 Å². The molecule has 0 amide bonds. The van der Waals surface area contributed by atoms with Gasteiger partial charge in [-0.1, -0.05) is 12.1 Å². The van der Waals surface area contributed by atoms with Gasteiger partial charge in [-0.2, -0.15) is 0 Å². The molecule has 0 aliphatic heterocycles. The molecule has 0 aliphatic carbocycles. The van der Waals surface area contributed by atoms with Crippen LogP contribution in [0.2, 0.25) is 0 Å². The summed E-state index contributed by atoms with van der Waals surface area (Å²) in [5.41, 5.74) is 0.965. The van der Waals surface area contributed by atoms with Crippen LogP contribution in [0.5, 0.6) is 11.5 Å². The lowest BCUT2D eigenvalue weighted by Gasteiger charge is -2.07. The van der Waals surface area contributed by atoms with Crippen LogP contribution in [0.3, 0.4) is 0 Å². The number of aromatic amines is 1. The second-order valence-electron chi connectivity index (χ2n) is 4.23. The molecule has 4 heteroatoms. The standard InChI is InChI=1S/C15H17NO3/c1-12-5-2-6-13(11-12)18-9-4-10-19-14-7-3-8-16-15(14)17/h2-3,5-8,11H,4,9-10H2,1H3,(H,16,17). The SMILES string of the molecule is Cc1cccc(OCCCOc2ccc[nH]c2=O)c1. The van der Waals surface area contributed by atoms with Gasteiger partial charge in [0.05, 0.1) is 13.2 Å². The van der Waals surface area contributed by atoms with Crippen molar-refractivity contribution in [1.82, 2.24) is 4.98 Å². The van der Waals surface area contributed by atoms with Gasteiger partial charge in [-0.3, -0.25) is 4.79 Å². The summed E-state index contributed by atoms with van der Waals surface area (Å²) in [6, 6.07) is 11.3. The average Bonchev–Trinajstić information content (AvgIpc) is 2.40. The number of benzene rings is 1. The van der Waals surface area contributed by atoms with Gasteiger partial charge in [-0.25, -0.2) is 0 Å². The third kappa shape index (κ3) is 4.17. The van der Waals surface area contributed by atoms with Crippen molar-refractivity contribution in [2.24, 2.45) is 0 Å². The van der Waals surface area contributed by atoms with Crippen molar-refractivity contribution in [2.75, 3.05) is 13.2 Å². The van der Waals surface area contributed by atoms with Gasteiger partial charge in [-0.15, -0.1) is 0 Å². The fraction of sp³-hybridized carbons (Fsp3) is 0.267. The van der Waals surface area contributed by atoms with Crippen molar-refractivity contribution in [2.45, 2.75) is 13.3 Å². The predicted molar refractivity (Wildman–Crippen MR) is 73.8 cm³/mol. The van der Waals surface area contributed by atoms with Gasteiger partial charge in [0.2, 0.25) is 0 Å². The topological polar surface area (TPSA) is 51.3 Å². The Morgan fingerprint density at radius 2 is 1.95 bits per heavy atom. The summed E-state index contributed by atoms with van der Waals surface area (Å²) in [7, 11) is 0. The van der Waals surface area contributed by atoms with E-state index in [0.29, 0.717) is 19.0 Å². The Hall–Kier alpha value is -2.23. The Balaban J connectivity index is 1.70. The first kappa shape index (κ1) is 13.2. The van der Waals surface area contributed by atoms with E-state index in [-0.39, 0.29) is 5.56 Å². The summed E-state index contributed by atoms with van der Waals surface area (Å²) < 4.78 is 11.0. The molecular formula is C15H17NO3. The predicted octanol–water partition coefficient (Wildman–Crippen LogP) is 2.53. The first-order valence-electron chi connectivity index (χ1n) is 6.26. The zero-order valence-electron chi connectivity index (χ0n) is 10.9. The van der Waals surface area contributed by atoms with Gasteiger partial charge in [0.25, 0.3) is 5.56 Å². The molecule has 0 bridgehead atoms. The molecule has 0 fully saturated rings. The van der Waals surface area contributed by atoms with E-state index in [2.05, 4.69) is 4.98 Å².